The first-order valence-corrected chi connectivity index (χ1v) is 7.75. The fourth-order valence-corrected chi connectivity index (χ4v) is 3.31. The maximum atomic E-state index is 12.5. The zero-order chi connectivity index (χ0) is 13.7. The average molecular weight is 282 g/mol. The third-order valence-electron chi connectivity index (χ3n) is 3.65. The molecule has 0 bridgehead atoms. The van der Waals surface area contributed by atoms with E-state index in [4.69, 9.17) is 4.74 Å². The molecule has 0 aromatic carbocycles. The van der Waals surface area contributed by atoms with Gasteiger partial charge in [-0.3, -0.25) is 4.79 Å². The maximum Gasteiger partial charge on any atom is 0.267 e. The standard InChI is InChI=1S/C14H22N2O2S/c1-3-16(10-11-4-7-15-8-5-11)14(17)13-12(18-2)6-9-19-13/h6,9,11,15H,3-5,7-8,10H2,1-2H3. The van der Waals surface area contributed by atoms with Crippen molar-refractivity contribution in [2.75, 3.05) is 33.3 Å². The molecule has 0 saturated carbocycles. The lowest BCUT2D eigenvalue weighted by molar-refractivity contribution is 0.0728. The maximum absolute atomic E-state index is 12.5. The molecule has 1 aromatic rings. The Morgan fingerprint density at radius 3 is 2.89 bits per heavy atom. The lowest BCUT2D eigenvalue weighted by atomic mass is 9.97. The van der Waals surface area contributed by atoms with Crippen molar-refractivity contribution < 1.29 is 9.53 Å². The molecule has 1 fully saturated rings. The molecule has 1 aromatic heterocycles. The van der Waals surface area contributed by atoms with Gasteiger partial charge in [-0.2, -0.15) is 0 Å². The minimum absolute atomic E-state index is 0.105. The Hall–Kier alpha value is -1.07. The highest BCUT2D eigenvalue weighted by molar-refractivity contribution is 7.12. The summed E-state index contributed by atoms with van der Waals surface area (Å²) in [4.78, 5) is 15.2. The number of methoxy groups -OCH3 is 1. The van der Waals surface area contributed by atoms with Crippen molar-refractivity contribution in [2.24, 2.45) is 5.92 Å². The van der Waals surface area contributed by atoms with Gasteiger partial charge in [0.25, 0.3) is 5.91 Å². The Bertz CT molecular complexity index is 413. The van der Waals surface area contributed by atoms with Crippen molar-refractivity contribution in [1.29, 1.82) is 0 Å². The van der Waals surface area contributed by atoms with Gasteiger partial charge in [-0.05, 0) is 50.2 Å². The number of rotatable bonds is 5. The van der Waals surface area contributed by atoms with Crippen LogP contribution in [0.3, 0.4) is 0 Å². The number of amides is 1. The van der Waals surface area contributed by atoms with Crippen LogP contribution in [0.25, 0.3) is 0 Å². The number of carbonyl (C=O) groups is 1. The molecule has 19 heavy (non-hydrogen) atoms. The molecule has 0 spiro atoms. The Morgan fingerprint density at radius 2 is 2.26 bits per heavy atom. The normalized spacial score (nSPS) is 16.3. The van der Waals surface area contributed by atoms with E-state index in [0.717, 1.165) is 43.9 Å². The van der Waals surface area contributed by atoms with E-state index in [-0.39, 0.29) is 5.91 Å². The summed E-state index contributed by atoms with van der Waals surface area (Å²) in [6, 6.07) is 1.86. The highest BCUT2D eigenvalue weighted by Gasteiger charge is 2.23. The zero-order valence-corrected chi connectivity index (χ0v) is 12.5. The molecule has 1 N–H and O–H groups in total. The van der Waals surface area contributed by atoms with Crippen molar-refractivity contribution in [1.82, 2.24) is 10.2 Å². The van der Waals surface area contributed by atoms with Crippen molar-refractivity contribution in [3.05, 3.63) is 16.3 Å². The third-order valence-corrected chi connectivity index (χ3v) is 4.53. The molecule has 2 rings (SSSR count). The van der Waals surface area contributed by atoms with Crippen LogP contribution in [-0.4, -0.2) is 44.1 Å². The van der Waals surface area contributed by atoms with E-state index < -0.39 is 0 Å². The molecule has 0 atom stereocenters. The smallest absolute Gasteiger partial charge is 0.267 e. The summed E-state index contributed by atoms with van der Waals surface area (Å²) in [7, 11) is 1.61. The first-order chi connectivity index (χ1) is 9.26. The third kappa shape index (κ3) is 3.48. The number of carbonyl (C=O) groups excluding carboxylic acids is 1. The van der Waals surface area contributed by atoms with E-state index in [1.165, 1.54) is 11.3 Å². The predicted molar refractivity (Wildman–Crippen MR) is 78.0 cm³/mol. The van der Waals surface area contributed by atoms with Crippen LogP contribution in [0.2, 0.25) is 0 Å². The fraction of sp³-hybridized carbons (Fsp3) is 0.643. The second-order valence-electron chi connectivity index (χ2n) is 4.86. The predicted octanol–water partition coefficient (Wildman–Crippen LogP) is 2.22. The van der Waals surface area contributed by atoms with Crippen LogP contribution >= 0.6 is 11.3 Å². The van der Waals surface area contributed by atoms with Crippen LogP contribution in [0.5, 0.6) is 5.75 Å². The van der Waals surface area contributed by atoms with E-state index in [2.05, 4.69) is 5.32 Å². The Morgan fingerprint density at radius 1 is 1.53 bits per heavy atom. The number of nitrogens with zero attached hydrogens (tertiary/aromatic N) is 1. The second kappa shape index (κ2) is 6.91. The van der Waals surface area contributed by atoms with Gasteiger partial charge in [0.05, 0.1) is 7.11 Å². The number of hydrogen-bond acceptors (Lipinski definition) is 4. The number of nitrogens with one attached hydrogen (secondary N) is 1. The van der Waals surface area contributed by atoms with E-state index in [0.29, 0.717) is 11.7 Å². The largest absolute Gasteiger partial charge is 0.495 e. The van der Waals surface area contributed by atoms with Gasteiger partial charge in [0.2, 0.25) is 0 Å². The molecule has 1 saturated heterocycles. The van der Waals surface area contributed by atoms with Gasteiger partial charge in [0.15, 0.2) is 0 Å². The van der Waals surface area contributed by atoms with E-state index in [1.807, 2.05) is 23.3 Å². The lowest BCUT2D eigenvalue weighted by Crippen LogP contribution is -2.39. The van der Waals surface area contributed by atoms with E-state index in [9.17, 15) is 4.79 Å². The molecule has 0 unspecified atom stereocenters. The molecular formula is C14H22N2O2S. The second-order valence-corrected chi connectivity index (χ2v) is 5.77. The minimum atomic E-state index is 0.105. The van der Waals surface area contributed by atoms with Crippen molar-refractivity contribution in [3.8, 4) is 5.75 Å². The molecule has 5 heteroatoms. The monoisotopic (exact) mass is 282 g/mol. The summed E-state index contributed by atoms with van der Waals surface area (Å²) in [5.41, 5.74) is 0. The number of hydrogen-bond donors (Lipinski definition) is 1. The van der Waals surface area contributed by atoms with Crippen LogP contribution in [-0.2, 0) is 0 Å². The highest BCUT2D eigenvalue weighted by Crippen LogP contribution is 2.26. The summed E-state index contributed by atoms with van der Waals surface area (Å²) >= 11 is 1.46. The summed E-state index contributed by atoms with van der Waals surface area (Å²) in [6.07, 6.45) is 2.32. The molecular weight excluding hydrogens is 260 g/mol. The van der Waals surface area contributed by atoms with Crippen molar-refractivity contribution in [3.63, 3.8) is 0 Å². The first-order valence-electron chi connectivity index (χ1n) is 6.87. The SMILES string of the molecule is CCN(CC1CCNCC1)C(=O)c1sccc1OC. The van der Waals surface area contributed by atoms with E-state index in [1.54, 1.807) is 7.11 Å². The molecule has 1 aliphatic heterocycles. The zero-order valence-electron chi connectivity index (χ0n) is 11.6. The van der Waals surface area contributed by atoms with Gasteiger partial charge >= 0.3 is 0 Å². The molecule has 1 aliphatic rings. The minimum Gasteiger partial charge on any atom is -0.495 e. The van der Waals surface area contributed by atoms with Gasteiger partial charge in [0, 0.05) is 13.1 Å². The molecule has 2 heterocycles. The topological polar surface area (TPSA) is 41.6 Å². The molecule has 106 valence electrons. The quantitative estimate of drug-likeness (QED) is 0.900. The Balaban J connectivity index is 2.02. The van der Waals surface area contributed by atoms with Crippen LogP contribution in [0.15, 0.2) is 11.4 Å². The number of thiophene rings is 1. The lowest BCUT2D eigenvalue weighted by Gasteiger charge is -2.29. The van der Waals surface area contributed by atoms with Crippen LogP contribution in [0, 0.1) is 5.92 Å². The van der Waals surface area contributed by atoms with E-state index >= 15 is 0 Å². The number of piperidine rings is 1. The molecule has 0 aliphatic carbocycles. The number of ether oxygens (including phenoxy) is 1. The van der Waals surface area contributed by atoms with Gasteiger partial charge in [0.1, 0.15) is 10.6 Å². The van der Waals surface area contributed by atoms with Gasteiger partial charge in [-0.1, -0.05) is 0 Å². The molecule has 1 amide bonds. The fourth-order valence-electron chi connectivity index (χ4n) is 2.49. The van der Waals surface area contributed by atoms with Crippen molar-refractivity contribution >= 4 is 17.2 Å². The summed E-state index contributed by atoms with van der Waals surface area (Å²) in [5.74, 6) is 1.42. The highest BCUT2D eigenvalue weighted by atomic mass is 32.1. The van der Waals surface area contributed by atoms with Crippen LogP contribution < -0.4 is 10.1 Å². The van der Waals surface area contributed by atoms with Crippen molar-refractivity contribution in [2.45, 2.75) is 19.8 Å². The molecule has 0 radical (unpaired) electrons. The first kappa shape index (κ1) is 14.3. The Labute approximate surface area is 118 Å². The summed E-state index contributed by atoms with van der Waals surface area (Å²) in [5, 5.41) is 5.27. The Kier molecular flexibility index (Phi) is 5.22. The summed E-state index contributed by atoms with van der Waals surface area (Å²) in [6.45, 7) is 5.79. The average Bonchev–Trinajstić information content (AvgIpc) is 2.93. The van der Waals surface area contributed by atoms with Gasteiger partial charge in [-0.15, -0.1) is 11.3 Å². The molecule has 4 nitrogen and oxygen atoms in total. The van der Waals surface area contributed by atoms with Crippen LogP contribution in [0.1, 0.15) is 29.4 Å². The van der Waals surface area contributed by atoms with Crippen LogP contribution in [0.4, 0.5) is 0 Å². The van der Waals surface area contributed by atoms with Gasteiger partial charge in [-0.25, -0.2) is 0 Å². The van der Waals surface area contributed by atoms with Gasteiger partial charge < -0.3 is 15.0 Å². The summed E-state index contributed by atoms with van der Waals surface area (Å²) < 4.78 is 5.24.